The summed E-state index contributed by atoms with van der Waals surface area (Å²) in [5.41, 5.74) is 1.67. The fraction of sp³-hybridized carbons (Fsp3) is 0.391. The van der Waals surface area contributed by atoms with Crippen molar-refractivity contribution in [2.75, 3.05) is 25.6 Å². The number of aromatic nitrogens is 1. The summed E-state index contributed by atoms with van der Waals surface area (Å²) < 4.78 is 23.2. The lowest BCUT2D eigenvalue weighted by molar-refractivity contribution is -0.140. The molecule has 0 aliphatic carbocycles. The van der Waals surface area contributed by atoms with Crippen LogP contribution in [0.2, 0.25) is 0 Å². The molecule has 164 valence electrons. The molecule has 7 nitrogen and oxygen atoms in total. The predicted molar refractivity (Wildman–Crippen MR) is 114 cm³/mol. The number of ether oxygens (including phenoxy) is 2. The highest BCUT2D eigenvalue weighted by Crippen LogP contribution is 2.34. The van der Waals surface area contributed by atoms with E-state index in [1.165, 1.54) is 31.4 Å². The van der Waals surface area contributed by atoms with Crippen LogP contribution in [-0.4, -0.2) is 37.2 Å². The van der Waals surface area contributed by atoms with E-state index < -0.39 is 11.8 Å². The van der Waals surface area contributed by atoms with Crippen LogP contribution < -0.4 is 5.32 Å². The van der Waals surface area contributed by atoms with Crippen LogP contribution >= 0.6 is 0 Å². The molecule has 0 aliphatic rings. The molecule has 0 amide bonds. The number of unbranched alkanes of at least 4 members (excludes halogenated alkanes) is 2. The molecular formula is C23H26FN3O4. The fourth-order valence-electron chi connectivity index (χ4n) is 3.18. The number of nitrogens with zero attached hydrogens (tertiary/aromatic N) is 2. The first-order valence-electron chi connectivity index (χ1n) is 10.1. The largest absolute Gasteiger partial charge is 0.469 e. The van der Waals surface area contributed by atoms with E-state index in [0.29, 0.717) is 42.0 Å². The quantitative estimate of drug-likeness (QED) is 0.443. The summed E-state index contributed by atoms with van der Waals surface area (Å²) in [5, 5.41) is 13.0. The number of anilines is 1. The summed E-state index contributed by atoms with van der Waals surface area (Å²) in [6.07, 6.45) is 2.62. The van der Waals surface area contributed by atoms with Crippen molar-refractivity contribution in [3.63, 3.8) is 0 Å². The first-order chi connectivity index (χ1) is 14.9. The van der Waals surface area contributed by atoms with Gasteiger partial charge in [-0.05, 0) is 44.4 Å². The van der Waals surface area contributed by atoms with Crippen LogP contribution in [0.3, 0.4) is 0 Å². The molecule has 0 spiro atoms. The Balaban J connectivity index is 2.34. The Morgan fingerprint density at radius 3 is 2.52 bits per heavy atom. The van der Waals surface area contributed by atoms with Gasteiger partial charge in [0, 0.05) is 18.5 Å². The van der Waals surface area contributed by atoms with Gasteiger partial charge in [-0.25, -0.2) is 14.2 Å². The number of methoxy groups -OCH3 is 1. The Hall–Kier alpha value is -3.47. The Kier molecular flexibility index (Phi) is 8.94. The molecule has 2 rings (SSSR count). The first kappa shape index (κ1) is 23.8. The Bertz CT molecular complexity index is 968. The molecule has 0 bridgehead atoms. The second-order valence-electron chi connectivity index (χ2n) is 6.82. The van der Waals surface area contributed by atoms with Crippen LogP contribution in [0.5, 0.6) is 0 Å². The molecule has 1 aromatic heterocycles. The molecule has 1 heterocycles. The molecule has 8 heteroatoms. The van der Waals surface area contributed by atoms with Crippen LogP contribution in [0.15, 0.2) is 24.3 Å². The highest BCUT2D eigenvalue weighted by Gasteiger charge is 2.25. The van der Waals surface area contributed by atoms with E-state index in [1.54, 1.807) is 13.8 Å². The lowest BCUT2D eigenvalue weighted by Gasteiger charge is -2.17. The normalized spacial score (nSPS) is 10.3. The number of halogens is 1. The van der Waals surface area contributed by atoms with Gasteiger partial charge in [-0.15, -0.1) is 0 Å². The van der Waals surface area contributed by atoms with E-state index >= 15 is 0 Å². The Morgan fingerprint density at radius 1 is 1.19 bits per heavy atom. The minimum absolute atomic E-state index is 0.175. The summed E-state index contributed by atoms with van der Waals surface area (Å²) in [6.45, 7) is 4.07. The van der Waals surface area contributed by atoms with Crippen molar-refractivity contribution in [2.24, 2.45) is 0 Å². The van der Waals surface area contributed by atoms with Crippen molar-refractivity contribution in [1.82, 2.24) is 4.98 Å². The molecule has 2 aromatic rings. The zero-order valence-electron chi connectivity index (χ0n) is 18.0. The third-order valence-electron chi connectivity index (χ3n) is 4.68. The van der Waals surface area contributed by atoms with Crippen LogP contribution in [-0.2, 0) is 14.3 Å². The molecule has 0 atom stereocenters. The molecule has 1 aromatic carbocycles. The monoisotopic (exact) mass is 427 g/mol. The number of rotatable bonds is 10. The number of benzene rings is 1. The summed E-state index contributed by atoms with van der Waals surface area (Å²) in [5.74, 6) is -0.899. The fourth-order valence-corrected chi connectivity index (χ4v) is 3.18. The lowest BCUT2D eigenvalue weighted by atomic mass is 9.94. The van der Waals surface area contributed by atoms with Crippen molar-refractivity contribution >= 4 is 17.8 Å². The van der Waals surface area contributed by atoms with Crippen molar-refractivity contribution in [3.05, 3.63) is 46.9 Å². The minimum atomic E-state index is -0.585. The molecule has 0 fully saturated rings. The topological polar surface area (TPSA) is 101 Å². The average Bonchev–Trinajstić information content (AvgIpc) is 2.76. The predicted octanol–water partition coefficient (Wildman–Crippen LogP) is 4.39. The second-order valence-corrected chi connectivity index (χ2v) is 6.82. The molecule has 0 saturated heterocycles. The molecule has 0 unspecified atom stereocenters. The maximum atomic E-state index is 13.5. The van der Waals surface area contributed by atoms with Gasteiger partial charge in [-0.2, -0.15) is 5.26 Å². The van der Waals surface area contributed by atoms with Crippen molar-refractivity contribution in [1.29, 1.82) is 5.26 Å². The minimum Gasteiger partial charge on any atom is -0.469 e. The number of aryl methyl sites for hydroxylation is 1. The summed E-state index contributed by atoms with van der Waals surface area (Å²) in [7, 11) is 1.36. The summed E-state index contributed by atoms with van der Waals surface area (Å²) in [4.78, 5) is 28.2. The average molecular weight is 427 g/mol. The van der Waals surface area contributed by atoms with Gasteiger partial charge in [-0.1, -0.05) is 18.6 Å². The first-order valence-corrected chi connectivity index (χ1v) is 10.1. The SMILES string of the molecule is CCOC(=O)c1c(C)nc(NCCCCCC(=O)OC)c(C#N)c1-c1ccc(F)cc1. The highest BCUT2D eigenvalue weighted by atomic mass is 19.1. The van der Waals surface area contributed by atoms with E-state index in [9.17, 15) is 19.2 Å². The third kappa shape index (κ3) is 6.25. The molecule has 31 heavy (non-hydrogen) atoms. The molecule has 0 saturated carbocycles. The number of esters is 2. The summed E-state index contributed by atoms with van der Waals surface area (Å²) in [6, 6.07) is 7.71. The van der Waals surface area contributed by atoms with Gasteiger partial charge in [0.25, 0.3) is 0 Å². The van der Waals surface area contributed by atoms with Gasteiger partial charge >= 0.3 is 11.9 Å². The van der Waals surface area contributed by atoms with Crippen molar-refractivity contribution in [2.45, 2.75) is 39.5 Å². The second kappa shape index (κ2) is 11.6. The van der Waals surface area contributed by atoms with Gasteiger partial charge in [0.05, 0.1) is 25.0 Å². The van der Waals surface area contributed by atoms with Gasteiger partial charge in [0.2, 0.25) is 0 Å². The van der Waals surface area contributed by atoms with Crippen molar-refractivity contribution < 1.29 is 23.5 Å². The number of hydrogen-bond donors (Lipinski definition) is 1. The van der Waals surface area contributed by atoms with E-state index in [2.05, 4.69) is 21.1 Å². The maximum Gasteiger partial charge on any atom is 0.340 e. The van der Waals surface area contributed by atoms with E-state index in [4.69, 9.17) is 4.74 Å². The van der Waals surface area contributed by atoms with Gasteiger partial charge in [-0.3, -0.25) is 4.79 Å². The lowest BCUT2D eigenvalue weighted by Crippen LogP contribution is -2.15. The highest BCUT2D eigenvalue weighted by molar-refractivity contribution is 6.01. The van der Waals surface area contributed by atoms with Crippen molar-refractivity contribution in [3.8, 4) is 17.2 Å². The van der Waals surface area contributed by atoms with Crippen LogP contribution in [0.1, 0.15) is 54.2 Å². The number of carbonyl (C=O) groups excluding carboxylic acids is 2. The van der Waals surface area contributed by atoms with Crippen LogP contribution in [0, 0.1) is 24.1 Å². The molecule has 0 aliphatic heterocycles. The Labute approximate surface area is 181 Å². The Morgan fingerprint density at radius 2 is 1.90 bits per heavy atom. The van der Waals surface area contributed by atoms with Gasteiger partial charge in [0.15, 0.2) is 0 Å². The van der Waals surface area contributed by atoms with E-state index in [1.807, 2.05) is 0 Å². The van der Waals surface area contributed by atoms with Gasteiger partial charge in [0.1, 0.15) is 23.3 Å². The number of carbonyl (C=O) groups is 2. The van der Waals surface area contributed by atoms with E-state index in [-0.39, 0.29) is 23.7 Å². The number of nitriles is 1. The standard InChI is InChI=1S/C23H26FN3O4/c1-4-31-23(29)20-15(2)27-22(26-13-7-5-6-8-19(28)30-3)18(14-25)21(20)16-9-11-17(24)12-10-16/h9-12H,4-8,13H2,1-3H3,(H,26,27). The number of hydrogen-bond acceptors (Lipinski definition) is 7. The zero-order chi connectivity index (χ0) is 22.8. The zero-order valence-corrected chi connectivity index (χ0v) is 18.0. The smallest absolute Gasteiger partial charge is 0.340 e. The maximum absolute atomic E-state index is 13.5. The molecule has 1 N–H and O–H groups in total. The molecular weight excluding hydrogens is 401 g/mol. The number of pyridine rings is 1. The van der Waals surface area contributed by atoms with Gasteiger partial charge < -0.3 is 14.8 Å². The van der Waals surface area contributed by atoms with Crippen LogP contribution in [0.4, 0.5) is 10.2 Å². The summed E-state index contributed by atoms with van der Waals surface area (Å²) >= 11 is 0. The van der Waals surface area contributed by atoms with Crippen LogP contribution in [0.25, 0.3) is 11.1 Å². The third-order valence-corrected chi connectivity index (χ3v) is 4.68. The number of nitrogens with one attached hydrogen (secondary N) is 1. The van der Waals surface area contributed by atoms with E-state index in [0.717, 1.165) is 12.8 Å². The molecule has 0 radical (unpaired) electrons.